The molecule has 0 amide bonds. The molecular formula is C18H22O2. The highest BCUT2D eigenvalue weighted by Crippen LogP contribution is 2.31. The molecule has 0 N–H and O–H groups in total. The molecular weight excluding hydrogens is 248 g/mol. The van der Waals surface area contributed by atoms with Crippen molar-refractivity contribution in [2.24, 2.45) is 0 Å². The minimum Gasteiger partial charge on any atom is -0.490 e. The summed E-state index contributed by atoms with van der Waals surface area (Å²) in [6, 6.07) is 6.35. The molecule has 0 aliphatic heterocycles. The third kappa shape index (κ3) is 2.95. The second-order valence-corrected chi connectivity index (χ2v) is 5.99. The molecule has 0 radical (unpaired) electrons. The summed E-state index contributed by atoms with van der Waals surface area (Å²) in [6.07, 6.45) is 9.76. The summed E-state index contributed by atoms with van der Waals surface area (Å²) in [5.41, 5.74) is 3.50. The molecule has 0 saturated heterocycles. The van der Waals surface area contributed by atoms with E-state index in [1.54, 1.807) is 0 Å². The van der Waals surface area contributed by atoms with Crippen molar-refractivity contribution in [2.75, 3.05) is 0 Å². The number of hydrogen-bond acceptors (Lipinski definition) is 2. The lowest BCUT2D eigenvalue weighted by atomic mass is 9.92. The standard InChI is InChI=1S/C18H22O2/c1-13-9-10-15(14-5-4-6-16(19)11-14)12-18(13)20-17-7-2-3-8-17/h9-12,17H,2-8H2,1H3. The molecule has 20 heavy (non-hydrogen) atoms. The molecule has 1 aromatic carbocycles. The molecule has 2 aliphatic carbocycles. The molecule has 106 valence electrons. The highest BCUT2D eigenvalue weighted by atomic mass is 16.5. The number of aryl methyl sites for hydroxylation is 1. The first kappa shape index (κ1) is 13.4. The van der Waals surface area contributed by atoms with E-state index in [9.17, 15) is 4.79 Å². The smallest absolute Gasteiger partial charge is 0.155 e. The van der Waals surface area contributed by atoms with Crippen LogP contribution >= 0.6 is 0 Å². The van der Waals surface area contributed by atoms with E-state index in [4.69, 9.17) is 4.74 Å². The summed E-state index contributed by atoms with van der Waals surface area (Å²) in [4.78, 5) is 11.6. The van der Waals surface area contributed by atoms with Crippen molar-refractivity contribution in [3.05, 3.63) is 35.4 Å². The van der Waals surface area contributed by atoms with Crippen LogP contribution in [0.25, 0.3) is 5.57 Å². The first-order chi connectivity index (χ1) is 9.72. The number of allylic oxidation sites excluding steroid dienone is 2. The second-order valence-electron chi connectivity index (χ2n) is 5.99. The maximum atomic E-state index is 11.6. The Hall–Kier alpha value is -1.57. The van der Waals surface area contributed by atoms with Crippen molar-refractivity contribution in [3.8, 4) is 5.75 Å². The molecule has 0 heterocycles. The lowest BCUT2D eigenvalue weighted by Crippen LogP contribution is -2.12. The van der Waals surface area contributed by atoms with Crippen LogP contribution in [-0.4, -0.2) is 11.9 Å². The summed E-state index contributed by atoms with van der Waals surface area (Å²) < 4.78 is 6.15. The molecule has 1 aromatic rings. The molecule has 0 aromatic heterocycles. The van der Waals surface area contributed by atoms with Gasteiger partial charge >= 0.3 is 0 Å². The van der Waals surface area contributed by atoms with Gasteiger partial charge in [0.1, 0.15) is 5.75 Å². The molecule has 0 spiro atoms. The van der Waals surface area contributed by atoms with E-state index >= 15 is 0 Å². The Morgan fingerprint density at radius 3 is 2.65 bits per heavy atom. The van der Waals surface area contributed by atoms with Gasteiger partial charge in [0.25, 0.3) is 0 Å². The Morgan fingerprint density at radius 2 is 1.90 bits per heavy atom. The summed E-state index contributed by atoms with van der Waals surface area (Å²) in [5.74, 6) is 1.25. The number of hydrogen-bond donors (Lipinski definition) is 0. The van der Waals surface area contributed by atoms with Gasteiger partial charge < -0.3 is 4.74 Å². The average Bonchev–Trinajstić information content (AvgIpc) is 2.94. The maximum Gasteiger partial charge on any atom is 0.155 e. The minimum atomic E-state index is 0.255. The van der Waals surface area contributed by atoms with E-state index in [0.29, 0.717) is 12.5 Å². The van der Waals surface area contributed by atoms with Crippen LogP contribution in [0, 0.1) is 6.92 Å². The van der Waals surface area contributed by atoms with Gasteiger partial charge in [-0.2, -0.15) is 0 Å². The van der Waals surface area contributed by atoms with Gasteiger partial charge in [-0.1, -0.05) is 12.1 Å². The van der Waals surface area contributed by atoms with Crippen molar-refractivity contribution in [3.63, 3.8) is 0 Å². The van der Waals surface area contributed by atoms with Crippen LogP contribution in [0.4, 0.5) is 0 Å². The molecule has 1 fully saturated rings. The van der Waals surface area contributed by atoms with E-state index < -0.39 is 0 Å². The van der Waals surface area contributed by atoms with Crippen LogP contribution in [0.3, 0.4) is 0 Å². The largest absolute Gasteiger partial charge is 0.490 e. The first-order valence-corrected chi connectivity index (χ1v) is 7.73. The summed E-state index contributed by atoms with van der Waals surface area (Å²) in [7, 11) is 0. The van der Waals surface area contributed by atoms with Crippen LogP contribution in [0.15, 0.2) is 24.3 Å². The Kier molecular flexibility index (Phi) is 3.90. The van der Waals surface area contributed by atoms with Crippen LogP contribution in [0.5, 0.6) is 5.75 Å². The number of benzene rings is 1. The zero-order valence-electron chi connectivity index (χ0n) is 12.2. The summed E-state index contributed by atoms with van der Waals surface area (Å²) in [5, 5.41) is 0. The van der Waals surface area contributed by atoms with Gasteiger partial charge in [-0.15, -0.1) is 0 Å². The zero-order chi connectivity index (χ0) is 13.9. The Labute approximate surface area is 120 Å². The van der Waals surface area contributed by atoms with E-state index in [-0.39, 0.29) is 5.78 Å². The van der Waals surface area contributed by atoms with Crippen LogP contribution in [0.2, 0.25) is 0 Å². The van der Waals surface area contributed by atoms with Gasteiger partial charge in [0.2, 0.25) is 0 Å². The van der Waals surface area contributed by atoms with Gasteiger partial charge in [-0.3, -0.25) is 4.79 Å². The number of rotatable bonds is 3. The SMILES string of the molecule is Cc1ccc(C2=CC(=O)CCC2)cc1OC1CCCC1. The second kappa shape index (κ2) is 5.82. The Balaban J connectivity index is 1.83. The van der Waals surface area contributed by atoms with E-state index in [1.165, 1.54) is 31.2 Å². The van der Waals surface area contributed by atoms with Gasteiger partial charge in [0, 0.05) is 6.42 Å². The van der Waals surface area contributed by atoms with Crippen LogP contribution in [-0.2, 0) is 4.79 Å². The van der Waals surface area contributed by atoms with E-state index in [1.807, 2.05) is 6.08 Å². The van der Waals surface area contributed by atoms with Crippen molar-refractivity contribution in [1.82, 2.24) is 0 Å². The lowest BCUT2D eigenvalue weighted by molar-refractivity contribution is -0.114. The summed E-state index contributed by atoms with van der Waals surface area (Å²) in [6.45, 7) is 2.09. The number of carbonyl (C=O) groups excluding carboxylic acids is 1. The molecule has 1 saturated carbocycles. The van der Waals surface area contributed by atoms with Crippen molar-refractivity contribution in [2.45, 2.75) is 58.0 Å². The molecule has 0 bridgehead atoms. The molecule has 2 nitrogen and oxygen atoms in total. The highest BCUT2D eigenvalue weighted by Gasteiger charge is 2.18. The molecule has 0 atom stereocenters. The Morgan fingerprint density at radius 1 is 1.10 bits per heavy atom. The number of ketones is 1. The number of ether oxygens (including phenoxy) is 1. The van der Waals surface area contributed by atoms with Gasteiger partial charge in [0.05, 0.1) is 6.10 Å². The minimum absolute atomic E-state index is 0.255. The predicted octanol–water partition coefficient (Wildman–Crippen LogP) is 4.45. The maximum absolute atomic E-state index is 11.6. The molecule has 2 heteroatoms. The normalized spacial score (nSPS) is 20.1. The van der Waals surface area contributed by atoms with Crippen LogP contribution in [0.1, 0.15) is 56.1 Å². The van der Waals surface area contributed by atoms with E-state index in [2.05, 4.69) is 25.1 Å². The third-order valence-electron chi connectivity index (χ3n) is 4.36. The van der Waals surface area contributed by atoms with E-state index in [0.717, 1.165) is 29.7 Å². The van der Waals surface area contributed by atoms with Crippen molar-refractivity contribution < 1.29 is 9.53 Å². The predicted molar refractivity (Wildman–Crippen MR) is 80.9 cm³/mol. The fraction of sp³-hybridized carbons (Fsp3) is 0.500. The lowest BCUT2D eigenvalue weighted by Gasteiger charge is -2.18. The van der Waals surface area contributed by atoms with Gasteiger partial charge in [-0.05, 0) is 74.3 Å². The average molecular weight is 270 g/mol. The number of carbonyl (C=O) groups is 1. The Bertz CT molecular complexity index is 536. The molecule has 2 aliphatic rings. The van der Waals surface area contributed by atoms with Crippen molar-refractivity contribution >= 4 is 11.4 Å². The fourth-order valence-electron chi connectivity index (χ4n) is 3.13. The highest BCUT2D eigenvalue weighted by molar-refractivity contribution is 5.98. The monoisotopic (exact) mass is 270 g/mol. The summed E-state index contributed by atoms with van der Waals surface area (Å²) >= 11 is 0. The molecule has 0 unspecified atom stereocenters. The third-order valence-corrected chi connectivity index (χ3v) is 4.36. The zero-order valence-corrected chi connectivity index (χ0v) is 12.2. The molecule has 3 rings (SSSR count). The van der Waals surface area contributed by atoms with Gasteiger partial charge in [0.15, 0.2) is 5.78 Å². The quantitative estimate of drug-likeness (QED) is 0.811. The van der Waals surface area contributed by atoms with Crippen LogP contribution < -0.4 is 4.74 Å². The van der Waals surface area contributed by atoms with Crippen molar-refractivity contribution in [1.29, 1.82) is 0 Å². The first-order valence-electron chi connectivity index (χ1n) is 7.73. The fourth-order valence-corrected chi connectivity index (χ4v) is 3.13. The topological polar surface area (TPSA) is 26.3 Å². The van der Waals surface area contributed by atoms with Gasteiger partial charge in [-0.25, -0.2) is 0 Å².